The van der Waals surface area contributed by atoms with E-state index in [0.29, 0.717) is 12.5 Å². The molecule has 1 heterocycles. The Hall–Kier alpha value is -1.89. The highest BCUT2D eigenvalue weighted by Gasteiger charge is 2.33. The molecule has 1 atom stereocenters. The van der Waals surface area contributed by atoms with Crippen LogP contribution in [0.3, 0.4) is 0 Å². The molecule has 140 valence electrons. The Balaban J connectivity index is 1.88. The van der Waals surface area contributed by atoms with E-state index in [-0.39, 0.29) is 18.0 Å². The summed E-state index contributed by atoms with van der Waals surface area (Å²) >= 11 is 0. The molecule has 0 aromatic rings. The second-order valence-corrected chi connectivity index (χ2v) is 7.47. The highest BCUT2D eigenvalue weighted by atomic mass is 16.5. The Morgan fingerprint density at radius 2 is 2.00 bits per heavy atom. The van der Waals surface area contributed by atoms with E-state index in [9.17, 15) is 19.5 Å². The van der Waals surface area contributed by atoms with Crippen LogP contribution in [0.1, 0.15) is 52.4 Å². The standard InChI is InChI=1S/C18H28N2O5/c1-18(2)9-13(22)8-15(25-18)17(24)20-14(11-21)16(23)19-10-12-6-4-3-5-7-12/h8,12,14,21H,3-7,9-11H2,1-2H3,(H,19,23)(H,20,24)/t14-/m0/s1. The molecule has 0 unspecified atom stereocenters. The zero-order valence-corrected chi connectivity index (χ0v) is 15.0. The van der Waals surface area contributed by atoms with Gasteiger partial charge in [-0.15, -0.1) is 0 Å². The number of carbonyl (C=O) groups excluding carboxylic acids is 3. The fraction of sp³-hybridized carbons (Fsp3) is 0.722. The number of nitrogens with one attached hydrogen (secondary N) is 2. The maximum atomic E-state index is 12.3. The summed E-state index contributed by atoms with van der Waals surface area (Å²) in [5.41, 5.74) is -0.767. The van der Waals surface area contributed by atoms with Crippen molar-refractivity contribution in [2.45, 2.75) is 64.0 Å². The Morgan fingerprint density at radius 1 is 1.32 bits per heavy atom. The van der Waals surface area contributed by atoms with Crippen LogP contribution in [0, 0.1) is 5.92 Å². The predicted molar refractivity (Wildman–Crippen MR) is 91.5 cm³/mol. The molecule has 0 bridgehead atoms. The molecule has 2 aliphatic rings. The predicted octanol–water partition coefficient (Wildman–Crippen LogP) is 0.812. The summed E-state index contributed by atoms with van der Waals surface area (Å²) in [5.74, 6) is -0.976. The SMILES string of the molecule is CC1(C)CC(=O)C=C(C(=O)N[C@@H](CO)C(=O)NCC2CCCCC2)O1. The quantitative estimate of drug-likeness (QED) is 0.656. The summed E-state index contributed by atoms with van der Waals surface area (Å²) in [6.07, 6.45) is 7.10. The molecule has 2 amide bonds. The van der Waals surface area contributed by atoms with Gasteiger partial charge in [-0.1, -0.05) is 19.3 Å². The number of allylic oxidation sites excluding steroid dienone is 1. The Kier molecular flexibility index (Phi) is 6.58. The largest absolute Gasteiger partial charge is 0.482 e. The van der Waals surface area contributed by atoms with Crippen LogP contribution in [0.25, 0.3) is 0 Å². The molecule has 0 aromatic heterocycles. The number of aliphatic hydroxyl groups excluding tert-OH is 1. The molecule has 1 aliphatic heterocycles. The first-order valence-electron chi connectivity index (χ1n) is 8.94. The lowest BCUT2D eigenvalue weighted by Gasteiger charge is -2.30. The fourth-order valence-electron chi connectivity index (χ4n) is 3.27. The van der Waals surface area contributed by atoms with Gasteiger partial charge >= 0.3 is 0 Å². The summed E-state index contributed by atoms with van der Waals surface area (Å²) < 4.78 is 5.50. The molecular formula is C18H28N2O5. The van der Waals surface area contributed by atoms with Crippen LogP contribution >= 0.6 is 0 Å². The first-order chi connectivity index (χ1) is 11.8. The van der Waals surface area contributed by atoms with Crippen molar-refractivity contribution >= 4 is 17.6 Å². The molecule has 0 saturated heterocycles. The summed E-state index contributed by atoms with van der Waals surface area (Å²) in [6.45, 7) is 3.46. The molecule has 1 saturated carbocycles. The Morgan fingerprint density at radius 3 is 2.60 bits per heavy atom. The highest BCUT2D eigenvalue weighted by Crippen LogP contribution is 2.25. The van der Waals surface area contributed by atoms with E-state index in [2.05, 4.69) is 10.6 Å². The van der Waals surface area contributed by atoms with Crippen molar-refractivity contribution in [1.29, 1.82) is 0 Å². The van der Waals surface area contributed by atoms with Crippen molar-refractivity contribution in [3.63, 3.8) is 0 Å². The molecule has 0 radical (unpaired) electrons. The van der Waals surface area contributed by atoms with Gasteiger partial charge in [-0.3, -0.25) is 14.4 Å². The molecule has 1 fully saturated rings. The molecular weight excluding hydrogens is 324 g/mol. The zero-order chi connectivity index (χ0) is 18.4. The van der Waals surface area contributed by atoms with Gasteiger partial charge in [0.1, 0.15) is 11.6 Å². The van der Waals surface area contributed by atoms with E-state index in [0.717, 1.165) is 18.9 Å². The van der Waals surface area contributed by atoms with Crippen molar-refractivity contribution in [2.75, 3.05) is 13.2 Å². The molecule has 2 rings (SSSR count). The van der Waals surface area contributed by atoms with E-state index in [4.69, 9.17) is 4.74 Å². The molecule has 0 spiro atoms. The monoisotopic (exact) mass is 352 g/mol. The third-order valence-corrected chi connectivity index (χ3v) is 4.60. The number of hydrogen-bond donors (Lipinski definition) is 3. The molecule has 7 heteroatoms. The summed E-state index contributed by atoms with van der Waals surface area (Å²) in [4.78, 5) is 36.2. The lowest BCUT2D eigenvalue weighted by Crippen LogP contribution is -2.51. The van der Waals surface area contributed by atoms with Gasteiger partial charge in [0.05, 0.1) is 6.61 Å². The van der Waals surface area contributed by atoms with Crippen molar-refractivity contribution < 1.29 is 24.2 Å². The second kappa shape index (κ2) is 8.47. The van der Waals surface area contributed by atoms with Gasteiger partial charge in [-0.25, -0.2) is 0 Å². The van der Waals surface area contributed by atoms with E-state index in [1.54, 1.807) is 13.8 Å². The average Bonchev–Trinajstić information content (AvgIpc) is 2.56. The molecule has 25 heavy (non-hydrogen) atoms. The minimum Gasteiger partial charge on any atom is -0.482 e. The number of hydrogen-bond acceptors (Lipinski definition) is 5. The van der Waals surface area contributed by atoms with Gasteiger partial charge in [0, 0.05) is 19.0 Å². The first kappa shape index (κ1) is 19.4. The molecule has 7 nitrogen and oxygen atoms in total. The van der Waals surface area contributed by atoms with Crippen LogP contribution in [-0.2, 0) is 19.1 Å². The molecule has 1 aliphatic carbocycles. The maximum absolute atomic E-state index is 12.3. The van der Waals surface area contributed by atoms with Gasteiger partial charge in [-0.05, 0) is 32.6 Å². The minimum atomic E-state index is -1.07. The zero-order valence-electron chi connectivity index (χ0n) is 15.0. The number of ketones is 1. The van der Waals surface area contributed by atoms with Gasteiger partial charge in [0.2, 0.25) is 5.91 Å². The number of rotatable bonds is 6. The lowest BCUT2D eigenvalue weighted by molar-refractivity contribution is -0.134. The topological polar surface area (TPSA) is 105 Å². The van der Waals surface area contributed by atoms with Crippen LogP contribution in [0.5, 0.6) is 0 Å². The number of carbonyl (C=O) groups is 3. The molecule has 0 aromatic carbocycles. The lowest BCUT2D eigenvalue weighted by atomic mass is 9.89. The summed E-state index contributed by atoms with van der Waals surface area (Å²) in [5, 5.41) is 14.7. The van der Waals surface area contributed by atoms with E-state index in [1.165, 1.54) is 19.3 Å². The number of aliphatic hydroxyl groups is 1. The maximum Gasteiger partial charge on any atom is 0.287 e. The summed E-state index contributed by atoms with van der Waals surface area (Å²) in [7, 11) is 0. The van der Waals surface area contributed by atoms with Gasteiger partial charge < -0.3 is 20.5 Å². The normalized spacial score (nSPS) is 21.7. The van der Waals surface area contributed by atoms with Gasteiger partial charge in [0.25, 0.3) is 5.91 Å². The Bertz CT molecular complexity index is 550. The Labute approximate surface area is 148 Å². The van der Waals surface area contributed by atoms with Crippen LogP contribution < -0.4 is 10.6 Å². The van der Waals surface area contributed by atoms with Crippen LogP contribution in [0.4, 0.5) is 0 Å². The van der Waals surface area contributed by atoms with Crippen molar-refractivity contribution in [3.05, 3.63) is 11.8 Å². The highest BCUT2D eigenvalue weighted by molar-refractivity contribution is 6.03. The summed E-state index contributed by atoms with van der Waals surface area (Å²) in [6, 6.07) is -1.07. The minimum absolute atomic E-state index is 0.125. The van der Waals surface area contributed by atoms with Crippen molar-refractivity contribution in [2.24, 2.45) is 5.92 Å². The van der Waals surface area contributed by atoms with Gasteiger partial charge in [-0.2, -0.15) is 0 Å². The van der Waals surface area contributed by atoms with E-state index >= 15 is 0 Å². The van der Waals surface area contributed by atoms with Crippen LogP contribution in [0.2, 0.25) is 0 Å². The second-order valence-electron chi connectivity index (χ2n) is 7.47. The van der Waals surface area contributed by atoms with Crippen LogP contribution in [0.15, 0.2) is 11.8 Å². The third kappa shape index (κ3) is 5.85. The molecule has 3 N–H and O–H groups in total. The average molecular weight is 352 g/mol. The fourth-order valence-corrected chi connectivity index (χ4v) is 3.27. The first-order valence-corrected chi connectivity index (χ1v) is 8.94. The smallest absolute Gasteiger partial charge is 0.287 e. The van der Waals surface area contributed by atoms with Gasteiger partial charge in [0.15, 0.2) is 11.5 Å². The van der Waals surface area contributed by atoms with Crippen molar-refractivity contribution in [3.8, 4) is 0 Å². The van der Waals surface area contributed by atoms with E-state index in [1.807, 2.05) is 0 Å². The van der Waals surface area contributed by atoms with Crippen LogP contribution in [-0.4, -0.2) is 47.5 Å². The third-order valence-electron chi connectivity index (χ3n) is 4.60. The van der Waals surface area contributed by atoms with Crippen molar-refractivity contribution in [1.82, 2.24) is 10.6 Å². The van der Waals surface area contributed by atoms with E-state index < -0.39 is 30.1 Å². The number of amides is 2. The number of ether oxygens (including phenoxy) is 1.